The third-order valence-corrected chi connectivity index (χ3v) is 2.90. The number of aromatic hydroxyl groups is 1. The zero-order valence-electron chi connectivity index (χ0n) is 9.16. The third kappa shape index (κ3) is 2.04. The van der Waals surface area contributed by atoms with Gasteiger partial charge in [0.05, 0.1) is 5.56 Å². The second-order valence-electron chi connectivity index (χ2n) is 4.57. The Balaban J connectivity index is 2.29. The number of benzene rings is 1. The normalized spacial score (nSPS) is 15.7. The number of carbonyl (C=O) groups excluding carboxylic acids is 1. The molecule has 0 amide bonds. The van der Waals surface area contributed by atoms with Crippen molar-refractivity contribution in [2.45, 2.75) is 32.6 Å². The zero-order chi connectivity index (χ0) is 11.0. The standard InChI is InChI=1S/C13H16O2/c1-8(2)10-5-6-11(12(14)7-10)13(15)9-3-4-9/h5-9,14H,3-4H2,1-2H3. The van der Waals surface area contributed by atoms with Crippen LogP contribution in [0.4, 0.5) is 0 Å². The van der Waals surface area contributed by atoms with Gasteiger partial charge in [-0.3, -0.25) is 4.79 Å². The Labute approximate surface area is 89.9 Å². The molecule has 1 fully saturated rings. The molecule has 0 radical (unpaired) electrons. The van der Waals surface area contributed by atoms with E-state index in [1.807, 2.05) is 6.07 Å². The van der Waals surface area contributed by atoms with Crippen molar-refractivity contribution in [3.8, 4) is 5.75 Å². The molecule has 1 N–H and O–H groups in total. The first-order valence-corrected chi connectivity index (χ1v) is 5.46. The molecule has 15 heavy (non-hydrogen) atoms. The number of Topliss-reactive ketones (excluding diaryl/α,β-unsaturated/α-hetero) is 1. The summed E-state index contributed by atoms with van der Waals surface area (Å²) in [7, 11) is 0. The molecular weight excluding hydrogens is 188 g/mol. The number of ketones is 1. The molecule has 1 aliphatic carbocycles. The summed E-state index contributed by atoms with van der Waals surface area (Å²) < 4.78 is 0. The number of rotatable bonds is 3. The van der Waals surface area contributed by atoms with Gasteiger partial charge in [0.25, 0.3) is 0 Å². The molecule has 0 spiro atoms. The highest BCUT2D eigenvalue weighted by atomic mass is 16.3. The minimum Gasteiger partial charge on any atom is -0.507 e. The average Bonchev–Trinajstić information content (AvgIpc) is 2.99. The van der Waals surface area contributed by atoms with Crippen molar-refractivity contribution in [2.24, 2.45) is 5.92 Å². The lowest BCUT2D eigenvalue weighted by atomic mass is 9.98. The summed E-state index contributed by atoms with van der Waals surface area (Å²) in [5, 5.41) is 9.77. The van der Waals surface area contributed by atoms with Crippen molar-refractivity contribution in [2.75, 3.05) is 0 Å². The van der Waals surface area contributed by atoms with E-state index in [1.54, 1.807) is 12.1 Å². The Bertz CT molecular complexity index is 390. The van der Waals surface area contributed by atoms with E-state index in [4.69, 9.17) is 0 Å². The van der Waals surface area contributed by atoms with Gasteiger partial charge in [0.2, 0.25) is 0 Å². The maximum absolute atomic E-state index is 11.7. The summed E-state index contributed by atoms with van der Waals surface area (Å²) in [6.07, 6.45) is 1.95. The molecule has 1 aromatic rings. The fourth-order valence-electron chi connectivity index (χ4n) is 1.68. The van der Waals surface area contributed by atoms with E-state index in [0.717, 1.165) is 18.4 Å². The Morgan fingerprint density at radius 2 is 2.07 bits per heavy atom. The Morgan fingerprint density at radius 1 is 1.40 bits per heavy atom. The van der Waals surface area contributed by atoms with Gasteiger partial charge in [-0.15, -0.1) is 0 Å². The quantitative estimate of drug-likeness (QED) is 0.768. The van der Waals surface area contributed by atoms with Crippen LogP contribution in [0.25, 0.3) is 0 Å². The molecule has 0 aromatic heterocycles. The molecule has 1 aromatic carbocycles. The lowest BCUT2D eigenvalue weighted by Gasteiger charge is -2.08. The van der Waals surface area contributed by atoms with E-state index in [2.05, 4.69) is 13.8 Å². The topological polar surface area (TPSA) is 37.3 Å². The van der Waals surface area contributed by atoms with Gasteiger partial charge in [0.1, 0.15) is 5.75 Å². The van der Waals surface area contributed by atoms with Crippen molar-refractivity contribution >= 4 is 5.78 Å². The summed E-state index contributed by atoms with van der Waals surface area (Å²) in [6, 6.07) is 5.39. The van der Waals surface area contributed by atoms with Crippen LogP contribution in [0.2, 0.25) is 0 Å². The van der Waals surface area contributed by atoms with Gasteiger partial charge in [-0.25, -0.2) is 0 Å². The van der Waals surface area contributed by atoms with E-state index in [-0.39, 0.29) is 17.5 Å². The van der Waals surface area contributed by atoms with E-state index in [0.29, 0.717) is 11.5 Å². The van der Waals surface area contributed by atoms with Gasteiger partial charge in [0, 0.05) is 5.92 Å². The van der Waals surface area contributed by atoms with Crippen LogP contribution in [-0.2, 0) is 0 Å². The van der Waals surface area contributed by atoms with Crippen molar-refractivity contribution in [3.63, 3.8) is 0 Å². The fourth-order valence-corrected chi connectivity index (χ4v) is 1.68. The fraction of sp³-hybridized carbons (Fsp3) is 0.462. The molecule has 0 unspecified atom stereocenters. The summed E-state index contributed by atoms with van der Waals surface area (Å²) in [4.78, 5) is 11.7. The number of phenolic OH excluding ortho intramolecular Hbond substituents is 1. The zero-order valence-corrected chi connectivity index (χ0v) is 9.16. The van der Waals surface area contributed by atoms with Crippen molar-refractivity contribution < 1.29 is 9.90 Å². The predicted octanol–water partition coefficient (Wildman–Crippen LogP) is 3.11. The van der Waals surface area contributed by atoms with E-state index >= 15 is 0 Å². The lowest BCUT2D eigenvalue weighted by Crippen LogP contribution is -2.02. The van der Waals surface area contributed by atoms with Gasteiger partial charge in [-0.2, -0.15) is 0 Å². The van der Waals surface area contributed by atoms with Gasteiger partial charge in [-0.1, -0.05) is 19.9 Å². The summed E-state index contributed by atoms with van der Waals surface area (Å²) in [5.41, 5.74) is 1.56. The maximum Gasteiger partial charge on any atom is 0.169 e. The van der Waals surface area contributed by atoms with Gasteiger partial charge < -0.3 is 5.11 Å². The highest BCUT2D eigenvalue weighted by molar-refractivity contribution is 6.01. The van der Waals surface area contributed by atoms with Crippen LogP contribution in [0.15, 0.2) is 18.2 Å². The van der Waals surface area contributed by atoms with Gasteiger partial charge in [0.15, 0.2) is 5.78 Å². The number of hydrogen-bond donors (Lipinski definition) is 1. The number of carbonyl (C=O) groups is 1. The van der Waals surface area contributed by atoms with Crippen LogP contribution < -0.4 is 0 Å². The van der Waals surface area contributed by atoms with Crippen LogP contribution in [0.1, 0.15) is 48.5 Å². The molecular formula is C13H16O2. The minimum atomic E-state index is 0.0998. The maximum atomic E-state index is 11.7. The molecule has 0 aliphatic heterocycles. The van der Waals surface area contributed by atoms with Crippen LogP contribution in [0.5, 0.6) is 5.75 Å². The Morgan fingerprint density at radius 3 is 2.53 bits per heavy atom. The first kappa shape index (κ1) is 10.2. The van der Waals surface area contributed by atoms with Crippen LogP contribution in [-0.4, -0.2) is 10.9 Å². The smallest absolute Gasteiger partial charge is 0.169 e. The average molecular weight is 204 g/mol. The predicted molar refractivity (Wildman–Crippen MR) is 59.3 cm³/mol. The van der Waals surface area contributed by atoms with E-state index < -0.39 is 0 Å². The van der Waals surface area contributed by atoms with Crippen LogP contribution in [0.3, 0.4) is 0 Å². The molecule has 2 heteroatoms. The minimum absolute atomic E-state index is 0.0998. The molecule has 0 bridgehead atoms. The lowest BCUT2D eigenvalue weighted by molar-refractivity contribution is 0.0965. The van der Waals surface area contributed by atoms with Gasteiger partial charge >= 0.3 is 0 Å². The molecule has 80 valence electrons. The second-order valence-corrected chi connectivity index (χ2v) is 4.57. The van der Waals surface area contributed by atoms with Crippen LogP contribution in [0, 0.1) is 5.92 Å². The van der Waals surface area contributed by atoms with Crippen molar-refractivity contribution in [1.29, 1.82) is 0 Å². The summed E-state index contributed by atoms with van der Waals surface area (Å²) in [5.74, 6) is 0.780. The van der Waals surface area contributed by atoms with Crippen molar-refractivity contribution in [1.82, 2.24) is 0 Å². The molecule has 0 heterocycles. The van der Waals surface area contributed by atoms with E-state index in [1.165, 1.54) is 0 Å². The SMILES string of the molecule is CC(C)c1ccc(C(=O)C2CC2)c(O)c1. The molecule has 2 nitrogen and oxygen atoms in total. The highest BCUT2D eigenvalue weighted by Crippen LogP contribution is 2.35. The molecule has 0 atom stereocenters. The number of phenols is 1. The monoisotopic (exact) mass is 204 g/mol. The number of hydrogen-bond acceptors (Lipinski definition) is 2. The van der Waals surface area contributed by atoms with E-state index in [9.17, 15) is 9.90 Å². The third-order valence-electron chi connectivity index (χ3n) is 2.90. The largest absolute Gasteiger partial charge is 0.507 e. The summed E-state index contributed by atoms with van der Waals surface area (Å²) >= 11 is 0. The van der Waals surface area contributed by atoms with Gasteiger partial charge in [-0.05, 0) is 36.5 Å². The second kappa shape index (κ2) is 3.69. The first-order chi connectivity index (χ1) is 7.09. The Kier molecular flexibility index (Phi) is 2.51. The Hall–Kier alpha value is -1.31. The summed E-state index contributed by atoms with van der Waals surface area (Å²) in [6.45, 7) is 4.13. The molecule has 1 aliphatic rings. The molecule has 1 saturated carbocycles. The molecule has 0 saturated heterocycles. The highest BCUT2D eigenvalue weighted by Gasteiger charge is 2.31. The first-order valence-electron chi connectivity index (χ1n) is 5.46. The molecule has 2 rings (SSSR count). The van der Waals surface area contributed by atoms with Crippen LogP contribution >= 0.6 is 0 Å². The van der Waals surface area contributed by atoms with Crippen molar-refractivity contribution in [3.05, 3.63) is 29.3 Å².